The number of anilines is 1. The first kappa shape index (κ1) is 26.3. The second-order valence-electron chi connectivity index (χ2n) is 10.3. The fourth-order valence-electron chi connectivity index (χ4n) is 4.26. The molecule has 0 bridgehead atoms. The summed E-state index contributed by atoms with van der Waals surface area (Å²) in [5.41, 5.74) is 3.73. The van der Waals surface area contributed by atoms with E-state index < -0.39 is 17.7 Å². The van der Waals surface area contributed by atoms with Crippen LogP contribution in [0.5, 0.6) is 0 Å². The van der Waals surface area contributed by atoms with Crippen LogP contribution in [0.2, 0.25) is 0 Å². The molecule has 2 aromatic carbocycles. The molecule has 0 radical (unpaired) electrons. The van der Waals surface area contributed by atoms with Crippen molar-refractivity contribution < 1.29 is 19.1 Å². The van der Waals surface area contributed by atoms with Gasteiger partial charge in [0.05, 0.1) is 0 Å². The van der Waals surface area contributed by atoms with E-state index in [-0.39, 0.29) is 24.4 Å². The highest BCUT2D eigenvalue weighted by Gasteiger charge is 2.39. The summed E-state index contributed by atoms with van der Waals surface area (Å²) in [6.45, 7) is 10.9. The van der Waals surface area contributed by atoms with Crippen LogP contribution in [0.3, 0.4) is 0 Å². The number of hydrogen-bond acceptors (Lipinski definition) is 4. The first-order valence-corrected chi connectivity index (χ1v) is 12.2. The zero-order chi connectivity index (χ0) is 25.8. The quantitative estimate of drug-likeness (QED) is 0.572. The number of para-hydroxylation sites is 1. The summed E-state index contributed by atoms with van der Waals surface area (Å²) in [5, 5.41) is 5.65. The molecule has 1 unspecified atom stereocenters. The van der Waals surface area contributed by atoms with Crippen molar-refractivity contribution in [2.75, 3.05) is 11.9 Å². The van der Waals surface area contributed by atoms with Crippen molar-refractivity contribution in [1.29, 1.82) is 0 Å². The molecule has 188 valence electrons. The normalized spacial score (nSPS) is 14.5. The minimum absolute atomic E-state index is 0.0721. The van der Waals surface area contributed by atoms with E-state index in [9.17, 15) is 14.4 Å². The van der Waals surface area contributed by atoms with Gasteiger partial charge in [-0.25, -0.2) is 4.79 Å². The summed E-state index contributed by atoms with van der Waals surface area (Å²) in [6, 6.07) is 12.6. The molecule has 0 saturated heterocycles. The third-order valence-corrected chi connectivity index (χ3v) is 6.15. The molecular formula is C28H37N3O4. The Morgan fingerprint density at radius 2 is 1.66 bits per heavy atom. The number of carbonyl (C=O) groups excluding carboxylic acids is 3. The third kappa shape index (κ3) is 6.84. The molecule has 35 heavy (non-hydrogen) atoms. The molecule has 1 aliphatic rings. The number of carbonyl (C=O) groups is 3. The van der Waals surface area contributed by atoms with Gasteiger partial charge in [-0.3, -0.25) is 9.59 Å². The Morgan fingerprint density at radius 3 is 2.20 bits per heavy atom. The van der Waals surface area contributed by atoms with Crippen molar-refractivity contribution in [2.24, 2.45) is 0 Å². The van der Waals surface area contributed by atoms with E-state index in [2.05, 4.69) is 10.6 Å². The number of amides is 3. The maximum absolute atomic E-state index is 13.8. The van der Waals surface area contributed by atoms with Gasteiger partial charge < -0.3 is 20.3 Å². The monoisotopic (exact) mass is 479 g/mol. The number of nitrogens with one attached hydrogen (secondary N) is 2. The second-order valence-corrected chi connectivity index (χ2v) is 10.3. The highest BCUT2D eigenvalue weighted by Crippen LogP contribution is 2.34. The molecule has 1 saturated carbocycles. The van der Waals surface area contributed by atoms with Crippen molar-refractivity contribution in [3.63, 3.8) is 0 Å². The summed E-state index contributed by atoms with van der Waals surface area (Å²) in [4.78, 5) is 41.2. The van der Waals surface area contributed by atoms with E-state index in [1.54, 1.807) is 25.7 Å². The Labute approximate surface area is 208 Å². The van der Waals surface area contributed by atoms with Gasteiger partial charge in [-0.05, 0) is 77.5 Å². The molecule has 3 amide bonds. The predicted octanol–water partition coefficient (Wildman–Crippen LogP) is 5.20. The fraction of sp³-hybridized carbons (Fsp3) is 0.464. The predicted molar refractivity (Wildman–Crippen MR) is 137 cm³/mol. The van der Waals surface area contributed by atoms with Gasteiger partial charge >= 0.3 is 6.09 Å². The van der Waals surface area contributed by atoms with Crippen LogP contribution >= 0.6 is 0 Å². The lowest BCUT2D eigenvalue weighted by Gasteiger charge is -2.42. The summed E-state index contributed by atoms with van der Waals surface area (Å²) in [7, 11) is 0. The molecule has 1 fully saturated rings. The molecule has 1 atom stereocenters. The number of hydrogen-bond donors (Lipinski definition) is 2. The number of benzene rings is 2. The van der Waals surface area contributed by atoms with Crippen LogP contribution in [0.1, 0.15) is 68.3 Å². The van der Waals surface area contributed by atoms with Gasteiger partial charge in [0.25, 0.3) is 5.91 Å². The van der Waals surface area contributed by atoms with Gasteiger partial charge in [0.1, 0.15) is 18.2 Å². The van der Waals surface area contributed by atoms with Gasteiger partial charge in [0.15, 0.2) is 0 Å². The first-order valence-electron chi connectivity index (χ1n) is 12.2. The molecule has 3 rings (SSSR count). The largest absolute Gasteiger partial charge is 0.444 e. The average molecular weight is 480 g/mol. The Morgan fingerprint density at radius 1 is 1.03 bits per heavy atom. The molecular weight excluding hydrogens is 442 g/mol. The third-order valence-electron chi connectivity index (χ3n) is 6.15. The second kappa shape index (κ2) is 10.9. The Hall–Kier alpha value is -3.35. The fourth-order valence-corrected chi connectivity index (χ4v) is 4.26. The summed E-state index contributed by atoms with van der Waals surface area (Å²) in [5.74, 6) is -0.589. The van der Waals surface area contributed by atoms with E-state index in [1.165, 1.54) is 0 Å². The van der Waals surface area contributed by atoms with Crippen LogP contribution in [-0.4, -0.2) is 41.0 Å². The maximum atomic E-state index is 13.8. The lowest BCUT2D eigenvalue weighted by molar-refractivity contribution is -0.143. The van der Waals surface area contributed by atoms with Crippen molar-refractivity contribution in [2.45, 2.75) is 78.5 Å². The topological polar surface area (TPSA) is 87.7 Å². The van der Waals surface area contributed by atoms with Gasteiger partial charge in [-0.2, -0.15) is 0 Å². The van der Waals surface area contributed by atoms with Crippen LogP contribution in [-0.2, 0) is 14.3 Å². The van der Waals surface area contributed by atoms with Crippen molar-refractivity contribution >= 4 is 23.6 Å². The molecule has 0 aliphatic heterocycles. The maximum Gasteiger partial charge on any atom is 0.408 e. The Kier molecular flexibility index (Phi) is 8.20. The van der Waals surface area contributed by atoms with Crippen LogP contribution < -0.4 is 10.6 Å². The molecule has 0 heterocycles. The highest BCUT2D eigenvalue weighted by molar-refractivity contribution is 5.99. The van der Waals surface area contributed by atoms with Crippen LogP contribution in [0.25, 0.3) is 0 Å². The number of ether oxygens (including phenoxy) is 1. The number of aryl methyl sites for hydroxylation is 3. The zero-order valence-electron chi connectivity index (χ0n) is 21.6. The number of nitrogens with zero attached hydrogens (tertiary/aromatic N) is 1. The van der Waals surface area contributed by atoms with E-state index in [0.717, 1.165) is 47.2 Å². The van der Waals surface area contributed by atoms with Gasteiger partial charge in [-0.15, -0.1) is 0 Å². The minimum atomic E-state index is -0.827. The molecule has 0 spiro atoms. The summed E-state index contributed by atoms with van der Waals surface area (Å²) in [6.07, 6.45) is 1.97. The first-order chi connectivity index (χ1) is 16.5. The Balaban J connectivity index is 1.93. The van der Waals surface area contributed by atoms with Gasteiger partial charge in [0.2, 0.25) is 5.91 Å². The Bertz CT molecular complexity index is 1070. The summed E-state index contributed by atoms with van der Waals surface area (Å²) < 4.78 is 5.28. The van der Waals surface area contributed by atoms with Crippen molar-refractivity contribution in [1.82, 2.24) is 10.2 Å². The van der Waals surface area contributed by atoms with E-state index >= 15 is 0 Å². The van der Waals surface area contributed by atoms with E-state index in [1.807, 2.05) is 63.2 Å². The van der Waals surface area contributed by atoms with E-state index in [0.29, 0.717) is 0 Å². The lowest BCUT2D eigenvalue weighted by Crippen LogP contribution is -2.53. The number of rotatable bonds is 7. The highest BCUT2D eigenvalue weighted by atomic mass is 16.6. The average Bonchev–Trinajstić information content (AvgIpc) is 2.72. The SMILES string of the molecule is Cc1cccc(C(C(=O)Nc2c(C)cccc2C)N(C(=O)CNC(=O)OC(C)(C)C)C2CCC2)c1. The molecule has 1 aliphatic carbocycles. The molecule has 0 aromatic heterocycles. The molecule has 7 nitrogen and oxygen atoms in total. The van der Waals surface area contributed by atoms with Crippen LogP contribution in [0.15, 0.2) is 42.5 Å². The van der Waals surface area contributed by atoms with Gasteiger partial charge in [0, 0.05) is 11.7 Å². The molecule has 2 aromatic rings. The van der Waals surface area contributed by atoms with Crippen LogP contribution in [0.4, 0.5) is 10.5 Å². The smallest absolute Gasteiger partial charge is 0.408 e. The number of alkyl carbamates (subject to hydrolysis) is 1. The zero-order valence-corrected chi connectivity index (χ0v) is 21.6. The minimum Gasteiger partial charge on any atom is -0.444 e. The summed E-state index contributed by atoms with van der Waals surface area (Å²) >= 11 is 0. The molecule has 7 heteroatoms. The van der Waals surface area contributed by atoms with Crippen molar-refractivity contribution in [3.05, 3.63) is 64.7 Å². The van der Waals surface area contributed by atoms with Crippen LogP contribution in [0, 0.1) is 20.8 Å². The van der Waals surface area contributed by atoms with Crippen molar-refractivity contribution in [3.8, 4) is 0 Å². The van der Waals surface area contributed by atoms with E-state index in [4.69, 9.17) is 4.74 Å². The van der Waals surface area contributed by atoms with Gasteiger partial charge in [-0.1, -0.05) is 48.0 Å². The lowest BCUT2D eigenvalue weighted by atomic mass is 9.88. The molecule has 2 N–H and O–H groups in total. The standard InChI is InChI=1S/C28H37N3O4/c1-18-10-7-13-21(16-18)25(26(33)30-24-19(2)11-8-12-20(24)3)31(22-14-9-15-22)23(32)17-29-27(34)35-28(4,5)6/h7-8,10-13,16,22,25H,9,14-15,17H2,1-6H3,(H,29,34)(H,30,33).